The minimum atomic E-state index is 0. The third-order valence-corrected chi connectivity index (χ3v) is 3.14. The van der Waals surface area contributed by atoms with Gasteiger partial charge in [-0.15, -0.1) is 24.0 Å². The Hall–Kier alpha value is -0.980. The lowest BCUT2D eigenvalue weighted by Crippen LogP contribution is -2.41. The van der Waals surface area contributed by atoms with Crippen LogP contribution in [-0.2, 0) is 6.54 Å². The van der Waals surface area contributed by atoms with Crippen LogP contribution < -0.4 is 15.4 Å². The van der Waals surface area contributed by atoms with Gasteiger partial charge in [0.2, 0.25) is 0 Å². The van der Waals surface area contributed by atoms with Gasteiger partial charge in [-0.1, -0.05) is 19.1 Å². The predicted molar refractivity (Wildman–Crippen MR) is 96.2 cm³/mol. The number of aliphatic imine (C=N–C) groups is 1. The number of nitrogens with zero attached hydrogens (tertiary/aromatic N) is 1. The van der Waals surface area contributed by atoms with Crippen molar-refractivity contribution >= 4 is 29.9 Å². The van der Waals surface area contributed by atoms with Crippen LogP contribution in [0.4, 0.5) is 0 Å². The number of guanidine groups is 1. The maximum Gasteiger partial charge on any atom is 0.191 e. The summed E-state index contributed by atoms with van der Waals surface area (Å²) < 4.78 is 5.26. The molecule has 0 aliphatic carbocycles. The van der Waals surface area contributed by atoms with Crippen molar-refractivity contribution in [2.45, 2.75) is 39.8 Å². The van der Waals surface area contributed by atoms with Crippen molar-refractivity contribution in [3.8, 4) is 5.75 Å². The second-order valence-corrected chi connectivity index (χ2v) is 4.68. The summed E-state index contributed by atoms with van der Waals surface area (Å²) >= 11 is 0. The zero-order valence-corrected chi connectivity index (χ0v) is 15.3. The van der Waals surface area contributed by atoms with Crippen molar-refractivity contribution in [2.24, 2.45) is 4.99 Å². The largest absolute Gasteiger partial charge is 0.496 e. The van der Waals surface area contributed by atoms with Gasteiger partial charge in [0.25, 0.3) is 0 Å². The van der Waals surface area contributed by atoms with E-state index in [1.54, 1.807) is 14.2 Å². The first-order valence-electron chi connectivity index (χ1n) is 6.71. The molecule has 0 saturated carbocycles. The second kappa shape index (κ2) is 9.85. The lowest BCUT2D eigenvalue weighted by atomic mass is 10.1. The summed E-state index contributed by atoms with van der Waals surface area (Å²) in [4.78, 5) is 4.22. The van der Waals surface area contributed by atoms with E-state index < -0.39 is 0 Å². The third-order valence-electron chi connectivity index (χ3n) is 3.14. The summed E-state index contributed by atoms with van der Waals surface area (Å²) in [5.41, 5.74) is 2.36. The van der Waals surface area contributed by atoms with Crippen LogP contribution in [0.3, 0.4) is 0 Å². The van der Waals surface area contributed by atoms with E-state index in [1.165, 1.54) is 5.56 Å². The quantitative estimate of drug-likeness (QED) is 0.461. The highest BCUT2D eigenvalue weighted by Gasteiger charge is 2.04. The highest BCUT2D eigenvalue weighted by molar-refractivity contribution is 14.0. The summed E-state index contributed by atoms with van der Waals surface area (Å²) in [5.74, 6) is 1.76. The van der Waals surface area contributed by atoms with E-state index in [4.69, 9.17) is 4.74 Å². The number of ether oxygens (including phenoxy) is 1. The molecule has 0 heterocycles. The van der Waals surface area contributed by atoms with Crippen molar-refractivity contribution in [1.82, 2.24) is 10.6 Å². The van der Waals surface area contributed by atoms with Crippen LogP contribution in [0.2, 0.25) is 0 Å². The Morgan fingerprint density at radius 3 is 2.60 bits per heavy atom. The van der Waals surface area contributed by atoms with Crippen LogP contribution in [0.15, 0.2) is 23.2 Å². The minimum Gasteiger partial charge on any atom is -0.496 e. The standard InChI is InChI=1S/C15H25N3O.HI/c1-6-12(3)18-15(16-4)17-10-13-7-8-14(19-5)11(2)9-13;/h7-9,12H,6,10H2,1-5H3,(H2,16,17,18);1H. The van der Waals surface area contributed by atoms with Crippen LogP contribution >= 0.6 is 24.0 Å². The maximum absolute atomic E-state index is 5.26. The van der Waals surface area contributed by atoms with E-state index >= 15 is 0 Å². The Balaban J connectivity index is 0.00000361. The number of hydrogen-bond donors (Lipinski definition) is 2. The molecule has 2 N–H and O–H groups in total. The molecule has 0 saturated heterocycles. The van der Waals surface area contributed by atoms with Gasteiger partial charge in [-0.05, 0) is 37.5 Å². The minimum absolute atomic E-state index is 0. The fraction of sp³-hybridized carbons (Fsp3) is 0.533. The molecular formula is C15H26IN3O. The average Bonchev–Trinajstić information content (AvgIpc) is 2.43. The van der Waals surface area contributed by atoms with E-state index in [9.17, 15) is 0 Å². The van der Waals surface area contributed by atoms with Crippen molar-refractivity contribution < 1.29 is 4.74 Å². The van der Waals surface area contributed by atoms with E-state index in [0.29, 0.717) is 6.04 Å². The summed E-state index contributed by atoms with van der Waals surface area (Å²) in [7, 11) is 3.48. The molecule has 0 radical (unpaired) electrons. The molecule has 1 rings (SSSR count). The fourth-order valence-electron chi connectivity index (χ4n) is 1.77. The molecule has 20 heavy (non-hydrogen) atoms. The first-order chi connectivity index (χ1) is 9.10. The van der Waals surface area contributed by atoms with Gasteiger partial charge in [0, 0.05) is 19.6 Å². The fourth-order valence-corrected chi connectivity index (χ4v) is 1.77. The van der Waals surface area contributed by atoms with Gasteiger partial charge in [-0.2, -0.15) is 0 Å². The van der Waals surface area contributed by atoms with Crippen molar-refractivity contribution in [1.29, 1.82) is 0 Å². The van der Waals surface area contributed by atoms with E-state index in [-0.39, 0.29) is 24.0 Å². The van der Waals surface area contributed by atoms with Crippen LogP contribution in [0, 0.1) is 6.92 Å². The lowest BCUT2D eigenvalue weighted by Gasteiger charge is -2.16. The monoisotopic (exact) mass is 391 g/mol. The van der Waals surface area contributed by atoms with Crippen LogP contribution in [0.5, 0.6) is 5.75 Å². The first kappa shape index (κ1) is 19.0. The van der Waals surface area contributed by atoms with Crippen molar-refractivity contribution in [3.05, 3.63) is 29.3 Å². The zero-order chi connectivity index (χ0) is 14.3. The average molecular weight is 391 g/mol. The Bertz CT molecular complexity index is 435. The normalized spacial score (nSPS) is 12.3. The number of rotatable bonds is 5. The molecule has 0 aliphatic rings. The molecule has 0 spiro atoms. The van der Waals surface area contributed by atoms with Crippen LogP contribution in [0.1, 0.15) is 31.4 Å². The summed E-state index contributed by atoms with van der Waals surface area (Å²) in [6.45, 7) is 7.09. The second-order valence-electron chi connectivity index (χ2n) is 4.68. The SMILES string of the molecule is CCC(C)NC(=NC)NCc1ccc(OC)c(C)c1.I. The highest BCUT2D eigenvalue weighted by Crippen LogP contribution is 2.18. The van der Waals surface area contributed by atoms with E-state index in [2.05, 4.69) is 48.5 Å². The van der Waals surface area contributed by atoms with Gasteiger partial charge in [-0.3, -0.25) is 4.99 Å². The number of halogens is 1. The third kappa shape index (κ3) is 5.98. The molecule has 1 aromatic rings. The Kier molecular flexibility index (Phi) is 9.37. The lowest BCUT2D eigenvalue weighted by molar-refractivity contribution is 0.411. The van der Waals surface area contributed by atoms with Crippen LogP contribution in [0.25, 0.3) is 0 Å². The molecule has 0 aromatic heterocycles. The molecule has 1 unspecified atom stereocenters. The molecule has 1 aromatic carbocycles. The zero-order valence-electron chi connectivity index (χ0n) is 13.0. The van der Waals surface area contributed by atoms with E-state index in [1.807, 2.05) is 6.07 Å². The molecule has 0 bridgehead atoms. The number of benzene rings is 1. The van der Waals surface area contributed by atoms with Gasteiger partial charge in [0.1, 0.15) is 5.75 Å². The summed E-state index contributed by atoms with van der Waals surface area (Å²) in [6, 6.07) is 6.61. The van der Waals surface area contributed by atoms with Gasteiger partial charge >= 0.3 is 0 Å². The topological polar surface area (TPSA) is 45.7 Å². The van der Waals surface area contributed by atoms with Gasteiger partial charge in [0.15, 0.2) is 5.96 Å². The predicted octanol–water partition coefficient (Wildman–Crippen LogP) is 3.09. The Morgan fingerprint density at radius 2 is 2.10 bits per heavy atom. The molecule has 0 fully saturated rings. The first-order valence-corrected chi connectivity index (χ1v) is 6.71. The van der Waals surface area contributed by atoms with Gasteiger partial charge < -0.3 is 15.4 Å². The number of methoxy groups -OCH3 is 1. The maximum atomic E-state index is 5.26. The van der Waals surface area contributed by atoms with Gasteiger partial charge in [-0.25, -0.2) is 0 Å². The highest BCUT2D eigenvalue weighted by atomic mass is 127. The van der Waals surface area contributed by atoms with Crippen molar-refractivity contribution in [2.75, 3.05) is 14.2 Å². The van der Waals surface area contributed by atoms with Crippen LogP contribution in [-0.4, -0.2) is 26.2 Å². The molecule has 5 heteroatoms. The molecular weight excluding hydrogens is 365 g/mol. The molecule has 1 atom stereocenters. The van der Waals surface area contributed by atoms with Gasteiger partial charge in [0.05, 0.1) is 7.11 Å². The van der Waals surface area contributed by atoms with E-state index in [0.717, 1.165) is 30.2 Å². The smallest absolute Gasteiger partial charge is 0.191 e. The molecule has 0 aliphatic heterocycles. The number of hydrogen-bond acceptors (Lipinski definition) is 2. The molecule has 0 amide bonds. The molecule has 4 nitrogen and oxygen atoms in total. The number of aryl methyl sites for hydroxylation is 1. The van der Waals surface area contributed by atoms with Crippen molar-refractivity contribution in [3.63, 3.8) is 0 Å². The summed E-state index contributed by atoms with van der Waals surface area (Å²) in [6.07, 6.45) is 1.07. The Labute approximate surface area is 139 Å². The number of nitrogens with one attached hydrogen (secondary N) is 2. The molecule has 114 valence electrons. The Morgan fingerprint density at radius 1 is 1.40 bits per heavy atom. The summed E-state index contributed by atoms with van der Waals surface area (Å²) in [5, 5.41) is 6.65.